The molecule has 2 heterocycles. The zero-order valence-electron chi connectivity index (χ0n) is 16.5. The highest BCUT2D eigenvalue weighted by Gasteiger charge is 2.31. The fourth-order valence-electron chi connectivity index (χ4n) is 3.95. The summed E-state index contributed by atoms with van der Waals surface area (Å²) in [6.45, 7) is 8.20. The van der Waals surface area contributed by atoms with Crippen molar-refractivity contribution in [2.24, 2.45) is 5.92 Å². The van der Waals surface area contributed by atoms with Crippen LogP contribution in [-0.4, -0.2) is 79.4 Å². The number of benzene rings is 1. The van der Waals surface area contributed by atoms with E-state index in [1.54, 1.807) is 7.11 Å². The van der Waals surface area contributed by atoms with E-state index in [2.05, 4.69) is 11.8 Å². The lowest BCUT2D eigenvalue weighted by atomic mass is 9.94. The van der Waals surface area contributed by atoms with Crippen LogP contribution in [0.25, 0.3) is 0 Å². The van der Waals surface area contributed by atoms with Crippen LogP contribution in [0.4, 0.5) is 0 Å². The van der Waals surface area contributed by atoms with Crippen LogP contribution in [0.2, 0.25) is 0 Å². The Hall–Kier alpha value is -2.08. The van der Waals surface area contributed by atoms with Gasteiger partial charge in [0.1, 0.15) is 5.75 Å². The lowest BCUT2D eigenvalue weighted by Gasteiger charge is -2.38. The Kier molecular flexibility index (Phi) is 6.72. The topological polar surface area (TPSA) is 53.1 Å². The van der Waals surface area contributed by atoms with Crippen LogP contribution in [-0.2, 0) is 16.0 Å². The summed E-state index contributed by atoms with van der Waals surface area (Å²) in [5.74, 6) is 1.30. The average Bonchev–Trinajstić information content (AvgIpc) is 2.74. The van der Waals surface area contributed by atoms with Gasteiger partial charge in [-0.2, -0.15) is 0 Å². The molecule has 2 fully saturated rings. The lowest BCUT2D eigenvalue weighted by Crippen LogP contribution is -2.51. The number of piperazine rings is 1. The number of hydrogen-bond acceptors (Lipinski definition) is 4. The van der Waals surface area contributed by atoms with E-state index in [0.717, 1.165) is 56.9 Å². The molecule has 2 amide bonds. The van der Waals surface area contributed by atoms with Crippen molar-refractivity contribution in [3.05, 3.63) is 29.8 Å². The van der Waals surface area contributed by atoms with Gasteiger partial charge in [-0.15, -0.1) is 0 Å². The zero-order valence-corrected chi connectivity index (χ0v) is 16.5. The standard InChI is InChI=1S/C21H31N3O3/c1-3-22-12-14-24(15-13-22)21(26)18-8-10-23(11-9-18)20(25)16-17-4-6-19(27-2)7-5-17/h4-7,18H,3,8-16H2,1-2H3. The van der Waals surface area contributed by atoms with Gasteiger partial charge in [-0.1, -0.05) is 19.1 Å². The summed E-state index contributed by atoms with van der Waals surface area (Å²) in [5.41, 5.74) is 0.993. The molecule has 6 heteroatoms. The second-order valence-corrected chi connectivity index (χ2v) is 7.44. The number of ether oxygens (including phenoxy) is 1. The fourth-order valence-corrected chi connectivity index (χ4v) is 3.95. The molecule has 2 aliphatic heterocycles. The summed E-state index contributed by atoms with van der Waals surface area (Å²) in [4.78, 5) is 31.6. The van der Waals surface area contributed by atoms with Crippen molar-refractivity contribution >= 4 is 11.8 Å². The molecule has 2 aliphatic rings. The number of carbonyl (C=O) groups is 2. The number of nitrogens with zero attached hydrogens (tertiary/aromatic N) is 3. The molecule has 0 N–H and O–H groups in total. The maximum absolute atomic E-state index is 12.8. The molecule has 6 nitrogen and oxygen atoms in total. The molecule has 0 unspecified atom stereocenters. The van der Waals surface area contributed by atoms with E-state index in [9.17, 15) is 9.59 Å². The summed E-state index contributed by atoms with van der Waals surface area (Å²) in [5, 5.41) is 0. The Morgan fingerprint density at radius 3 is 2.15 bits per heavy atom. The highest BCUT2D eigenvalue weighted by atomic mass is 16.5. The lowest BCUT2D eigenvalue weighted by molar-refractivity contribution is -0.141. The fraction of sp³-hybridized carbons (Fsp3) is 0.619. The van der Waals surface area contributed by atoms with Crippen LogP contribution in [0.3, 0.4) is 0 Å². The first-order valence-corrected chi connectivity index (χ1v) is 10.0. The van der Waals surface area contributed by atoms with Gasteiger partial charge in [-0.25, -0.2) is 0 Å². The molecule has 1 aromatic carbocycles. The van der Waals surface area contributed by atoms with E-state index in [1.165, 1.54) is 0 Å². The van der Waals surface area contributed by atoms with Gasteiger partial charge >= 0.3 is 0 Å². The third-order valence-electron chi connectivity index (χ3n) is 5.84. The minimum Gasteiger partial charge on any atom is -0.497 e. The molecule has 0 bridgehead atoms. The first-order chi connectivity index (χ1) is 13.1. The molecular formula is C21H31N3O3. The number of amides is 2. The Labute approximate surface area is 162 Å². The van der Waals surface area contributed by atoms with Crippen LogP contribution in [0, 0.1) is 5.92 Å². The molecule has 0 radical (unpaired) electrons. The van der Waals surface area contributed by atoms with Crippen LogP contribution < -0.4 is 4.74 Å². The van der Waals surface area contributed by atoms with Gasteiger partial charge < -0.3 is 19.4 Å². The van der Waals surface area contributed by atoms with Crippen molar-refractivity contribution in [2.75, 3.05) is 52.9 Å². The largest absolute Gasteiger partial charge is 0.497 e. The highest BCUT2D eigenvalue weighted by molar-refractivity contribution is 5.81. The first kappa shape index (κ1) is 19.7. The van der Waals surface area contributed by atoms with E-state index in [0.29, 0.717) is 19.5 Å². The van der Waals surface area contributed by atoms with E-state index in [4.69, 9.17) is 4.74 Å². The number of carbonyl (C=O) groups excluding carboxylic acids is 2. The summed E-state index contributed by atoms with van der Waals surface area (Å²) >= 11 is 0. The monoisotopic (exact) mass is 373 g/mol. The number of hydrogen-bond donors (Lipinski definition) is 0. The maximum atomic E-state index is 12.8. The van der Waals surface area contributed by atoms with Crippen LogP contribution in [0.1, 0.15) is 25.3 Å². The van der Waals surface area contributed by atoms with E-state index in [1.807, 2.05) is 34.1 Å². The van der Waals surface area contributed by atoms with Gasteiger partial charge in [0, 0.05) is 45.2 Å². The van der Waals surface area contributed by atoms with Gasteiger partial charge in [0.25, 0.3) is 0 Å². The molecule has 3 rings (SSSR count). The van der Waals surface area contributed by atoms with Gasteiger partial charge in [-0.05, 0) is 37.1 Å². The number of rotatable bonds is 5. The van der Waals surface area contributed by atoms with Gasteiger partial charge in [0.15, 0.2) is 0 Å². The third kappa shape index (κ3) is 5.01. The average molecular weight is 373 g/mol. The molecule has 27 heavy (non-hydrogen) atoms. The van der Waals surface area contributed by atoms with Crippen molar-refractivity contribution in [1.29, 1.82) is 0 Å². The predicted octanol–water partition coefficient (Wildman–Crippen LogP) is 1.64. The Morgan fingerprint density at radius 2 is 1.59 bits per heavy atom. The Bertz CT molecular complexity index is 631. The molecule has 1 aromatic rings. The van der Waals surface area contributed by atoms with Crippen molar-refractivity contribution in [3.8, 4) is 5.75 Å². The number of piperidine rings is 1. The van der Waals surface area contributed by atoms with E-state index < -0.39 is 0 Å². The van der Waals surface area contributed by atoms with E-state index in [-0.39, 0.29) is 17.7 Å². The second kappa shape index (κ2) is 9.22. The Morgan fingerprint density at radius 1 is 0.963 bits per heavy atom. The quantitative estimate of drug-likeness (QED) is 0.787. The summed E-state index contributed by atoms with van der Waals surface area (Å²) in [7, 11) is 1.63. The van der Waals surface area contributed by atoms with Crippen molar-refractivity contribution < 1.29 is 14.3 Å². The first-order valence-electron chi connectivity index (χ1n) is 10.0. The zero-order chi connectivity index (χ0) is 19.2. The highest BCUT2D eigenvalue weighted by Crippen LogP contribution is 2.21. The van der Waals surface area contributed by atoms with Crippen LogP contribution in [0.5, 0.6) is 5.75 Å². The molecule has 0 atom stereocenters. The summed E-state index contributed by atoms with van der Waals surface area (Å²) in [6, 6.07) is 7.63. The molecule has 0 aliphatic carbocycles. The molecule has 148 valence electrons. The molecule has 0 aromatic heterocycles. The molecule has 0 spiro atoms. The molecular weight excluding hydrogens is 342 g/mol. The third-order valence-corrected chi connectivity index (χ3v) is 5.84. The maximum Gasteiger partial charge on any atom is 0.226 e. The van der Waals surface area contributed by atoms with Gasteiger partial charge in [0.2, 0.25) is 11.8 Å². The number of methoxy groups -OCH3 is 1. The normalized spacial score (nSPS) is 19.2. The SMILES string of the molecule is CCN1CCN(C(=O)C2CCN(C(=O)Cc3ccc(OC)cc3)CC2)CC1. The van der Waals surface area contributed by atoms with Crippen molar-refractivity contribution in [3.63, 3.8) is 0 Å². The molecule has 2 saturated heterocycles. The minimum atomic E-state index is 0.0724. The number of likely N-dealkylation sites (tertiary alicyclic amines) is 1. The van der Waals surface area contributed by atoms with Gasteiger partial charge in [-0.3, -0.25) is 9.59 Å². The smallest absolute Gasteiger partial charge is 0.226 e. The van der Waals surface area contributed by atoms with E-state index >= 15 is 0 Å². The number of likely N-dealkylation sites (N-methyl/N-ethyl adjacent to an activating group) is 1. The summed E-state index contributed by atoms with van der Waals surface area (Å²) < 4.78 is 5.15. The predicted molar refractivity (Wildman–Crippen MR) is 105 cm³/mol. The summed E-state index contributed by atoms with van der Waals surface area (Å²) in [6.07, 6.45) is 1.96. The second-order valence-electron chi connectivity index (χ2n) is 7.44. The molecule has 0 saturated carbocycles. The minimum absolute atomic E-state index is 0.0724. The van der Waals surface area contributed by atoms with Crippen molar-refractivity contribution in [1.82, 2.24) is 14.7 Å². The van der Waals surface area contributed by atoms with Gasteiger partial charge in [0.05, 0.1) is 13.5 Å². The van der Waals surface area contributed by atoms with Crippen molar-refractivity contribution in [2.45, 2.75) is 26.2 Å². The Balaban J connectivity index is 1.45. The van der Waals surface area contributed by atoms with Crippen LogP contribution in [0.15, 0.2) is 24.3 Å². The van der Waals surface area contributed by atoms with Crippen LogP contribution >= 0.6 is 0 Å².